The van der Waals surface area contributed by atoms with Crippen molar-refractivity contribution in [3.05, 3.63) is 53.6 Å². The number of para-hydroxylation sites is 1. The highest BCUT2D eigenvalue weighted by Crippen LogP contribution is 2.58. The number of benzene rings is 2. The summed E-state index contributed by atoms with van der Waals surface area (Å²) in [6, 6.07) is 12.7. The number of nitrogens with zero attached hydrogens (tertiary/aromatic N) is 1. The number of amides is 1. The minimum absolute atomic E-state index is 0.0930. The van der Waals surface area contributed by atoms with Crippen molar-refractivity contribution in [3.8, 4) is 11.5 Å². The first kappa shape index (κ1) is 21.0. The van der Waals surface area contributed by atoms with Gasteiger partial charge in [-0.3, -0.25) is 13.9 Å². The number of carbonyl (C=O) groups excluding carboxylic acids is 1. The molecule has 2 aromatic carbocycles. The van der Waals surface area contributed by atoms with Gasteiger partial charge in [-0.05, 0) is 56.0 Å². The van der Waals surface area contributed by atoms with E-state index in [2.05, 4.69) is 11.4 Å². The van der Waals surface area contributed by atoms with Crippen LogP contribution in [0.4, 0.5) is 0 Å². The van der Waals surface area contributed by atoms with Crippen LogP contribution >= 0.6 is 10.8 Å². The molecule has 0 aromatic heterocycles. The van der Waals surface area contributed by atoms with Gasteiger partial charge >= 0.3 is 0 Å². The zero-order valence-corrected chi connectivity index (χ0v) is 17.9. The van der Waals surface area contributed by atoms with Gasteiger partial charge in [0.05, 0.1) is 17.6 Å². The second kappa shape index (κ2) is 8.85. The highest BCUT2D eigenvalue weighted by atomic mass is 32.3. The van der Waals surface area contributed by atoms with Crippen LogP contribution in [0.3, 0.4) is 0 Å². The fourth-order valence-electron chi connectivity index (χ4n) is 3.99. The number of ether oxygens (including phenoxy) is 2. The number of carbonyl (C=O) groups is 1. The van der Waals surface area contributed by atoms with Gasteiger partial charge in [0.1, 0.15) is 6.10 Å². The maximum atomic E-state index is 12.5. The van der Waals surface area contributed by atoms with Crippen LogP contribution in [0.2, 0.25) is 0 Å². The molecule has 1 unspecified atom stereocenters. The van der Waals surface area contributed by atoms with E-state index in [9.17, 15) is 13.9 Å². The van der Waals surface area contributed by atoms with Crippen LogP contribution in [0.5, 0.6) is 11.5 Å². The average molecular weight is 433 g/mol. The fraction of sp³-hybridized carbons (Fsp3) is 0.409. The molecule has 0 radical (unpaired) electrons. The SMILES string of the molecule is COc1cccc2c1OC(CNCCCCN1C(=O)c3ccccc3S1(O)O)CC2. The number of nitrogens with one attached hydrogen (secondary N) is 1. The smallest absolute Gasteiger partial charge is 0.274 e. The van der Waals surface area contributed by atoms with E-state index in [-0.39, 0.29) is 12.0 Å². The van der Waals surface area contributed by atoms with Crippen molar-refractivity contribution in [2.45, 2.75) is 36.7 Å². The molecule has 2 aromatic rings. The van der Waals surface area contributed by atoms with Crippen LogP contribution in [0.15, 0.2) is 47.4 Å². The van der Waals surface area contributed by atoms with Crippen LogP contribution < -0.4 is 14.8 Å². The van der Waals surface area contributed by atoms with E-state index in [0.717, 1.165) is 43.9 Å². The number of rotatable bonds is 8. The molecule has 7 nitrogen and oxygen atoms in total. The molecule has 3 N–H and O–H groups in total. The quantitative estimate of drug-likeness (QED) is 0.548. The number of aryl methyl sites for hydroxylation is 1. The minimum Gasteiger partial charge on any atom is -0.493 e. The summed E-state index contributed by atoms with van der Waals surface area (Å²) in [5, 5.41) is 3.41. The van der Waals surface area contributed by atoms with E-state index in [4.69, 9.17) is 9.47 Å². The zero-order chi connectivity index (χ0) is 21.1. The van der Waals surface area contributed by atoms with Crippen molar-refractivity contribution in [2.75, 3.05) is 26.7 Å². The number of hydrogen-bond acceptors (Lipinski definition) is 6. The van der Waals surface area contributed by atoms with Crippen molar-refractivity contribution in [3.63, 3.8) is 0 Å². The van der Waals surface area contributed by atoms with E-state index >= 15 is 0 Å². The Kier molecular flexibility index (Phi) is 6.19. The van der Waals surface area contributed by atoms with E-state index in [1.165, 1.54) is 9.87 Å². The lowest BCUT2D eigenvalue weighted by Crippen LogP contribution is -2.35. The van der Waals surface area contributed by atoms with Gasteiger partial charge in [-0.15, -0.1) is 0 Å². The van der Waals surface area contributed by atoms with E-state index in [0.29, 0.717) is 23.4 Å². The molecule has 0 fully saturated rings. The molecular weight excluding hydrogens is 404 g/mol. The maximum absolute atomic E-state index is 12.5. The Morgan fingerprint density at radius 1 is 1.20 bits per heavy atom. The lowest BCUT2D eigenvalue weighted by atomic mass is 10.0. The Hall–Kier alpha value is -2.26. The molecule has 0 spiro atoms. The van der Waals surface area contributed by atoms with Gasteiger partial charge in [0.15, 0.2) is 11.5 Å². The van der Waals surface area contributed by atoms with E-state index < -0.39 is 10.8 Å². The van der Waals surface area contributed by atoms with Crippen LogP contribution in [-0.4, -0.2) is 52.2 Å². The molecule has 4 rings (SSSR count). The molecule has 0 saturated carbocycles. The molecule has 2 aliphatic rings. The van der Waals surface area contributed by atoms with Gasteiger partial charge in [0.2, 0.25) is 0 Å². The third-order valence-electron chi connectivity index (χ3n) is 5.58. The predicted octanol–water partition coefficient (Wildman–Crippen LogP) is 3.94. The Labute approximate surface area is 178 Å². The highest BCUT2D eigenvalue weighted by Gasteiger charge is 2.40. The van der Waals surface area contributed by atoms with Gasteiger partial charge in [0.25, 0.3) is 5.91 Å². The number of unbranched alkanes of at least 4 members (excludes halogenated alkanes) is 1. The molecule has 0 aliphatic carbocycles. The standard InChI is InChI=1S/C22H28N2O5S/c1-28-19-9-6-7-16-11-12-17(29-21(16)19)15-23-13-4-5-14-24-22(25)18-8-2-3-10-20(18)30(24,26)27/h2-3,6-10,17,23,26-27H,4-5,11-15H2,1H3. The molecule has 162 valence electrons. The maximum Gasteiger partial charge on any atom is 0.274 e. The monoisotopic (exact) mass is 432 g/mol. The number of fused-ring (bicyclic) bond motifs is 2. The van der Waals surface area contributed by atoms with E-state index in [1.54, 1.807) is 31.4 Å². The Morgan fingerprint density at radius 2 is 2.03 bits per heavy atom. The molecule has 2 aliphatic heterocycles. The zero-order valence-electron chi connectivity index (χ0n) is 17.0. The second-order valence-electron chi connectivity index (χ2n) is 7.56. The molecule has 2 heterocycles. The van der Waals surface area contributed by atoms with Crippen molar-refractivity contribution in [1.82, 2.24) is 9.62 Å². The van der Waals surface area contributed by atoms with Crippen molar-refractivity contribution < 1.29 is 23.4 Å². The third kappa shape index (κ3) is 4.00. The summed E-state index contributed by atoms with van der Waals surface area (Å²) < 4.78 is 33.7. The van der Waals surface area contributed by atoms with Gasteiger partial charge < -0.3 is 14.8 Å². The minimum atomic E-state index is -3.21. The van der Waals surface area contributed by atoms with Crippen molar-refractivity contribution in [2.24, 2.45) is 0 Å². The lowest BCUT2D eigenvalue weighted by molar-refractivity contribution is 0.0861. The summed E-state index contributed by atoms with van der Waals surface area (Å²) in [7, 11) is -1.56. The van der Waals surface area contributed by atoms with Crippen LogP contribution in [0.25, 0.3) is 0 Å². The third-order valence-corrected chi connectivity index (χ3v) is 7.49. The molecule has 0 bridgehead atoms. The van der Waals surface area contributed by atoms with Gasteiger partial charge in [-0.25, -0.2) is 4.31 Å². The topological polar surface area (TPSA) is 91.3 Å². The average Bonchev–Trinajstić information content (AvgIpc) is 2.96. The normalized spacial score (nSPS) is 20.3. The first-order valence-corrected chi connectivity index (χ1v) is 11.8. The van der Waals surface area contributed by atoms with Crippen molar-refractivity contribution >= 4 is 16.7 Å². The molecule has 30 heavy (non-hydrogen) atoms. The van der Waals surface area contributed by atoms with Crippen molar-refractivity contribution in [1.29, 1.82) is 0 Å². The first-order chi connectivity index (χ1) is 14.5. The number of hydrogen-bond donors (Lipinski definition) is 3. The molecule has 1 atom stereocenters. The molecule has 0 saturated heterocycles. The van der Waals surface area contributed by atoms with Gasteiger partial charge in [-0.2, -0.15) is 0 Å². The largest absolute Gasteiger partial charge is 0.493 e. The molecule has 8 heteroatoms. The summed E-state index contributed by atoms with van der Waals surface area (Å²) in [5.74, 6) is 1.31. The summed E-state index contributed by atoms with van der Waals surface area (Å²) in [4.78, 5) is 12.8. The predicted molar refractivity (Wildman–Crippen MR) is 116 cm³/mol. The molecular formula is C22H28N2O5S. The lowest BCUT2D eigenvalue weighted by Gasteiger charge is -2.36. The van der Waals surface area contributed by atoms with Gasteiger partial charge in [0, 0.05) is 13.1 Å². The summed E-state index contributed by atoms with van der Waals surface area (Å²) in [5.41, 5.74) is 1.57. The number of methoxy groups -OCH3 is 1. The second-order valence-corrected chi connectivity index (χ2v) is 9.48. The van der Waals surface area contributed by atoms with Crippen LogP contribution in [0, 0.1) is 0 Å². The Morgan fingerprint density at radius 3 is 2.83 bits per heavy atom. The molecule has 1 amide bonds. The first-order valence-electron chi connectivity index (χ1n) is 10.2. The Bertz CT molecular complexity index is 906. The summed E-state index contributed by atoms with van der Waals surface area (Å²) in [6.07, 6.45) is 3.52. The van der Waals surface area contributed by atoms with Gasteiger partial charge in [-0.1, -0.05) is 35.0 Å². The highest BCUT2D eigenvalue weighted by molar-refractivity contribution is 8.23. The summed E-state index contributed by atoms with van der Waals surface area (Å²) >= 11 is 0. The Balaban J connectivity index is 1.20. The summed E-state index contributed by atoms with van der Waals surface area (Å²) in [6.45, 7) is 1.83. The van der Waals surface area contributed by atoms with Crippen LogP contribution in [0.1, 0.15) is 35.2 Å². The van der Waals surface area contributed by atoms with E-state index in [1.807, 2.05) is 12.1 Å². The fourth-order valence-corrected chi connectivity index (χ4v) is 5.65. The van der Waals surface area contributed by atoms with Crippen LogP contribution in [-0.2, 0) is 6.42 Å².